The van der Waals surface area contributed by atoms with Crippen molar-refractivity contribution in [2.75, 3.05) is 13.1 Å². The van der Waals surface area contributed by atoms with Crippen molar-refractivity contribution in [3.05, 3.63) is 33.9 Å². The molecule has 0 spiro atoms. The van der Waals surface area contributed by atoms with E-state index in [0.29, 0.717) is 0 Å². The Morgan fingerprint density at radius 1 is 1.35 bits per heavy atom. The van der Waals surface area contributed by atoms with E-state index >= 15 is 0 Å². The van der Waals surface area contributed by atoms with E-state index < -0.39 is 39.3 Å². The minimum Gasteiger partial charge on any atom is -0.258 e. The monoisotopic (exact) mass is 352 g/mol. The van der Waals surface area contributed by atoms with E-state index in [1.807, 2.05) is 0 Å². The van der Waals surface area contributed by atoms with E-state index in [1.165, 1.54) is 13.0 Å². The number of hydrogen-bond donors (Lipinski definition) is 0. The standard InChI is InChI=1S/C13H15F3N2O4S/c1-9-4-5-11(18(19)20)7-12(9)23(21,22)17-6-2-3-10(8-17)13(14,15)16/h4-5,7,10H,2-3,6,8H2,1H3. The van der Waals surface area contributed by atoms with Gasteiger partial charge in [-0.1, -0.05) is 6.07 Å². The highest BCUT2D eigenvalue weighted by Gasteiger charge is 2.44. The van der Waals surface area contributed by atoms with E-state index in [1.54, 1.807) is 0 Å². The molecule has 1 unspecified atom stereocenters. The Hall–Kier alpha value is -1.68. The smallest absolute Gasteiger partial charge is 0.258 e. The lowest BCUT2D eigenvalue weighted by molar-refractivity contribution is -0.385. The molecule has 23 heavy (non-hydrogen) atoms. The normalized spacial score (nSPS) is 20.4. The van der Waals surface area contributed by atoms with Crippen molar-refractivity contribution in [3.63, 3.8) is 0 Å². The molecule has 0 aromatic heterocycles. The van der Waals surface area contributed by atoms with Crippen molar-refractivity contribution < 1.29 is 26.5 Å². The average molecular weight is 352 g/mol. The van der Waals surface area contributed by atoms with Crippen LogP contribution in [0.25, 0.3) is 0 Å². The number of nitro groups is 1. The molecule has 1 aromatic rings. The van der Waals surface area contributed by atoms with Crippen LogP contribution in [-0.2, 0) is 10.0 Å². The lowest BCUT2D eigenvalue weighted by atomic mass is 9.99. The summed E-state index contributed by atoms with van der Waals surface area (Å²) < 4.78 is 64.5. The first-order chi connectivity index (χ1) is 10.5. The zero-order valence-corrected chi connectivity index (χ0v) is 13.0. The minimum absolute atomic E-state index is 0.0307. The molecule has 1 fully saturated rings. The Balaban J connectivity index is 2.38. The highest BCUT2D eigenvalue weighted by molar-refractivity contribution is 7.89. The maximum atomic E-state index is 12.8. The van der Waals surface area contributed by atoms with Gasteiger partial charge in [-0.25, -0.2) is 8.42 Å². The number of benzene rings is 1. The number of hydrogen-bond acceptors (Lipinski definition) is 4. The highest BCUT2D eigenvalue weighted by atomic mass is 32.2. The molecule has 128 valence electrons. The van der Waals surface area contributed by atoms with Gasteiger partial charge < -0.3 is 0 Å². The van der Waals surface area contributed by atoms with E-state index in [2.05, 4.69) is 0 Å². The van der Waals surface area contributed by atoms with E-state index in [-0.39, 0.29) is 29.8 Å². The lowest BCUT2D eigenvalue weighted by Gasteiger charge is -2.33. The van der Waals surface area contributed by atoms with Gasteiger partial charge >= 0.3 is 6.18 Å². The molecule has 2 rings (SSSR count). The lowest BCUT2D eigenvalue weighted by Crippen LogP contribution is -2.44. The number of non-ortho nitro benzene ring substituents is 1. The first kappa shape index (κ1) is 17.7. The number of rotatable bonds is 3. The Kier molecular flexibility index (Phi) is 4.67. The van der Waals surface area contributed by atoms with Gasteiger partial charge in [0.05, 0.1) is 15.7 Å². The van der Waals surface area contributed by atoms with Crippen molar-refractivity contribution in [3.8, 4) is 0 Å². The van der Waals surface area contributed by atoms with Crippen LogP contribution in [0.2, 0.25) is 0 Å². The summed E-state index contributed by atoms with van der Waals surface area (Å²) >= 11 is 0. The third-order valence-corrected chi connectivity index (χ3v) is 5.85. The average Bonchev–Trinajstić information content (AvgIpc) is 2.46. The summed E-state index contributed by atoms with van der Waals surface area (Å²) in [5.74, 6) is -1.72. The summed E-state index contributed by atoms with van der Waals surface area (Å²) in [7, 11) is -4.21. The number of alkyl halides is 3. The Morgan fingerprint density at radius 2 is 2.00 bits per heavy atom. The van der Waals surface area contributed by atoms with Gasteiger partial charge in [-0.2, -0.15) is 17.5 Å². The summed E-state index contributed by atoms with van der Waals surface area (Å²) in [6, 6.07) is 3.32. The zero-order valence-electron chi connectivity index (χ0n) is 12.2. The number of nitrogens with zero attached hydrogens (tertiary/aromatic N) is 2. The van der Waals surface area contributed by atoms with Crippen molar-refractivity contribution >= 4 is 15.7 Å². The first-order valence-corrected chi connectivity index (χ1v) is 8.29. The molecule has 1 saturated heterocycles. The molecule has 0 N–H and O–H groups in total. The maximum absolute atomic E-state index is 12.8. The van der Waals surface area contributed by atoms with Crippen LogP contribution in [0.15, 0.2) is 23.1 Å². The molecule has 10 heteroatoms. The summed E-state index contributed by atoms with van der Waals surface area (Å²) in [5, 5.41) is 10.8. The molecule has 1 atom stereocenters. The van der Waals surface area contributed by atoms with Crippen LogP contribution in [0.4, 0.5) is 18.9 Å². The van der Waals surface area contributed by atoms with Crippen LogP contribution < -0.4 is 0 Å². The van der Waals surface area contributed by atoms with Gasteiger partial charge in [0.25, 0.3) is 5.69 Å². The predicted octanol–water partition coefficient (Wildman–Crippen LogP) is 2.87. The van der Waals surface area contributed by atoms with E-state index in [9.17, 15) is 31.7 Å². The second kappa shape index (κ2) is 6.08. The van der Waals surface area contributed by atoms with Gasteiger partial charge in [0.1, 0.15) is 0 Å². The largest absolute Gasteiger partial charge is 0.393 e. The Labute approximate surface area is 131 Å². The first-order valence-electron chi connectivity index (χ1n) is 6.85. The molecule has 0 bridgehead atoms. The number of halogens is 3. The van der Waals surface area contributed by atoms with Crippen molar-refractivity contribution in [2.45, 2.75) is 30.8 Å². The summed E-state index contributed by atoms with van der Waals surface area (Å²) in [6.45, 7) is 0.757. The number of piperidine rings is 1. The fourth-order valence-corrected chi connectivity index (χ4v) is 4.32. The van der Waals surface area contributed by atoms with Crippen molar-refractivity contribution in [1.29, 1.82) is 0 Å². The molecule has 0 saturated carbocycles. The Bertz CT molecular complexity index is 718. The Morgan fingerprint density at radius 3 is 2.57 bits per heavy atom. The molecular formula is C13H15F3N2O4S. The third-order valence-electron chi connectivity index (χ3n) is 3.85. The fourth-order valence-electron chi connectivity index (χ4n) is 2.55. The quantitative estimate of drug-likeness (QED) is 0.619. The van der Waals surface area contributed by atoms with Crippen molar-refractivity contribution in [1.82, 2.24) is 4.31 Å². The number of nitro benzene ring substituents is 1. The van der Waals surface area contributed by atoms with Gasteiger partial charge in [-0.3, -0.25) is 10.1 Å². The van der Waals surface area contributed by atoms with E-state index in [4.69, 9.17) is 0 Å². The summed E-state index contributed by atoms with van der Waals surface area (Å²) in [5.41, 5.74) is -0.164. The topological polar surface area (TPSA) is 80.5 Å². The molecule has 0 radical (unpaired) electrons. The van der Waals surface area contributed by atoms with Crippen LogP contribution in [0.1, 0.15) is 18.4 Å². The molecule has 1 aliphatic rings. The van der Waals surface area contributed by atoms with Gasteiger partial charge in [0.15, 0.2) is 0 Å². The maximum Gasteiger partial charge on any atom is 0.393 e. The zero-order chi connectivity index (χ0) is 17.4. The SMILES string of the molecule is Cc1ccc([N+](=O)[O-])cc1S(=O)(=O)N1CCCC(C(F)(F)F)C1. The van der Waals surface area contributed by atoms with Gasteiger partial charge in [-0.15, -0.1) is 0 Å². The van der Waals surface area contributed by atoms with Crippen LogP contribution in [0.3, 0.4) is 0 Å². The van der Waals surface area contributed by atoms with Gasteiger partial charge in [0, 0.05) is 25.2 Å². The van der Waals surface area contributed by atoms with Gasteiger partial charge in [-0.05, 0) is 25.3 Å². The molecule has 1 aliphatic heterocycles. The molecule has 0 aliphatic carbocycles. The highest BCUT2D eigenvalue weighted by Crippen LogP contribution is 2.35. The minimum atomic E-state index is -4.47. The van der Waals surface area contributed by atoms with Crippen LogP contribution in [-0.4, -0.2) is 36.9 Å². The summed E-state index contributed by atoms with van der Waals surface area (Å²) in [6.07, 6.45) is -4.49. The molecule has 0 amide bonds. The molecule has 1 heterocycles. The number of sulfonamides is 1. The van der Waals surface area contributed by atoms with Gasteiger partial charge in [0.2, 0.25) is 10.0 Å². The number of aryl methyl sites for hydroxylation is 1. The van der Waals surface area contributed by atoms with E-state index in [0.717, 1.165) is 16.4 Å². The predicted molar refractivity (Wildman–Crippen MR) is 75.4 cm³/mol. The van der Waals surface area contributed by atoms with Crippen LogP contribution >= 0.6 is 0 Å². The second-order valence-corrected chi connectivity index (χ2v) is 7.36. The third kappa shape index (κ3) is 3.63. The molecule has 6 nitrogen and oxygen atoms in total. The second-order valence-electron chi connectivity index (χ2n) is 5.45. The summed E-state index contributed by atoms with van der Waals surface area (Å²) in [4.78, 5) is 9.73. The molecular weight excluding hydrogens is 337 g/mol. The van der Waals surface area contributed by atoms with Crippen molar-refractivity contribution in [2.24, 2.45) is 5.92 Å². The van der Waals surface area contributed by atoms with Crippen LogP contribution in [0, 0.1) is 23.0 Å². The van der Waals surface area contributed by atoms with Crippen LogP contribution in [0.5, 0.6) is 0 Å². The fraction of sp³-hybridized carbons (Fsp3) is 0.538. The molecule has 1 aromatic carbocycles.